The highest BCUT2D eigenvalue weighted by atomic mass is 16.5. The predicted octanol–water partition coefficient (Wildman–Crippen LogP) is 2.35. The molecule has 0 spiro atoms. The van der Waals surface area contributed by atoms with Crippen LogP contribution in [0.3, 0.4) is 0 Å². The van der Waals surface area contributed by atoms with E-state index < -0.39 is 11.5 Å². The van der Waals surface area contributed by atoms with E-state index >= 15 is 0 Å². The third kappa shape index (κ3) is 4.65. The summed E-state index contributed by atoms with van der Waals surface area (Å²) < 4.78 is 2.67. The van der Waals surface area contributed by atoms with Crippen molar-refractivity contribution in [2.75, 3.05) is 24.3 Å². The second kappa shape index (κ2) is 7.71. The number of carbonyl (C=O) groups excluding carboxylic acids is 1. The Morgan fingerprint density at radius 1 is 1.31 bits per heavy atom. The molecule has 0 unspecified atom stereocenters. The average Bonchev–Trinajstić information content (AvgIpc) is 3.02. The van der Waals surface area contributed by atoms with Gasteiger partial charge >= 0.3 is 11.6 Å². The van der Waals surface area contributed by atoms with Crippen LogP contribution >= 0.6 is 0 Å². The van der Waals surface area contributed by atoms with E-state index in [9.17, 15) is 15.1 Å². The number of amides is 1. The maximum Gasteiger partial charge on any atom is 0.325 e. The number of aromatic nitrogens is 3. The van der Waals surface area contributed by atoms with E-state index in [2.05, 4.69) is 10.4 Å². The summed E-state index contributed by atoms with van der Waals surface area (Å²) in [4.78, 5) is 14.7. The molecule has 2 aromatic heterocycles. The normalized spacial score (nSPS) is 11.7. The third-order valence-electron chi connectivity index (χ3n) is 4.74. The summed E-state index contributed by atoms with van der Waals surface area (Å²) in [5.41, 5.74) is 2.17. The van der Waals surface area contributed by atoms with Gasteiger partial charge in [0.1, 0.15) is 0 Å². The molecule has 0 radical (unpaired) electrons. The first-order valence-corrected chi connectivity index (χ1v) is 9.48. The Kier molecular flexibility index (Phi) is 5.48. The van der Waals surface area contributed by atoms with Crippen LogP contribution in [0.25, 0.3) is 10.9 Å². The molecule has 0 aliphatic rings. The Morgan fingerprint density at radius 2 is 2.03 bits per heavy atom. The lowest BCUT2D eigenvalue weighted by molar-refractivity contribution is -0.909. The number of fused-ring (bicyclic) bond motifs is 1. The summed E-state index contributed by atoms with van der Waals surface area (Å²) in [6.07, 6.45) is 2.48. The first-order valence-electron chi connectivity index (χ1n) is 9.48. The lowest BCUT2D eigenvalue weighted by atomic mass is 10.1. The van der Waals surface area contributed by atoms with Crippen LogP contribution in [0.15, 0.2) is 36.5 Å². The van der Waals surface area contributed by atoms with E-state index in [1.54, 1.807) is 43.7 Å². The minimum Gasteiger partial charge on any atom is -0.390 e. The van der Waals surface area contributed by atoms with E-state index in [1.807, 2.05) is 37.3 Å². The molecule has 0 saturated heterocycles. The number of carbonyl (C=O) groups is 1. The fourth-order valence-electron chi connectivity index (χ4n) is 3.05. The number of nitrogens with zero attached hydrogens (tertiary/aromatic N) is 4. The molecular formula is C21H28N5O3+. The Hall–Kier alpha value is -3.13. The number of rotatable bonds is 6. The van der Waals surface area contributed by atoms with Crippen molar-refractivity contribution >= 4 is 28.2 Å². The molecule has 0 bridgehead atoms. The van der Waals surface area contributed by atoms with Crippen LogP contribution in [-0.2, 0) is 6.54 Å². The molecule has 8 nitrogen and oxygen atoms in total. The zero-order valence-electron chi connectivity index (χ0n) is 17.5. The SMILES string of the molecule is Cc1cccc(C(=O)Nc2cc3cn(CCC(C)(C)O)nc3cc2N(C)C)[n+]1O. The Balaban J connectivity index is 1.94. The third-order valence-corrected chi connectivity index (χ3v) is 4.74. The molecule has 8 heteroatoms. The van der Waals surface area contributed by atoms with Crippen molar-refractivity contribution in [3.8, 4) is 0 Å². The van der Waals surface area contributed by atoms with Crippen molar-refractivity contribution in [2.24, 2.45) is 0 Å². The number of hydrogen-bond donors (Lipinski definition) is 3. The number of aryl methyl sites for hydroxylation is 2. The molecule has 0 saturated carbocycles. The predicted molar refractivity (Wildman–Crippen MR) is 111 cm³/mol. The van der Waals surface area contributed by atoms with Crippen molar-refractivity contribution in [1.82, 2.24) is 9.78 Å². The van der Waals surface area contributed by atoms with Gasteiger partial charge in [-0.05, 0) is 38.5 Å². The first-order chi connectivity index (χ1) is 13.5. The summed E-state index contributed by atoms with van der Waals surface area (Å²) in [5.74, 6) is -0.409. The minimum atomic E-state index is -0.764. The van der Waals surface area contributed by atoms with Crippen LogP contribution in [0, 0.1) is 6.92 Å². The van der Waals surface area contributed by atoms with Crippen molar-refractivity contribution in [1.29, 1.82) is 0 Å². The quantitative estimate of drug-likeness (QED) is 0.438. The van der Waals surface area contributed by atoms with Crippen LogP contribution in [-0.4, -0.2) is 45.7 Å². The zero-order chi connectivity index (χ0) is 21.3. The molecule has 1 amide bonds. The molecule has 0 aliphatic heterocycles. The monoisotopic (exact) mass is 398 g/mol. The van der Waals surface area contributed by atoms with Gasteiger partial charge in [-0.15, -0.1) is 0 Å². The largest absolute Gasteiger partial charge is 0.390 e. The average molecular weight is 398 g/mol. The second-order valence-corrected chi connectivity index (χ2v) is 8.10. The molecule has 0 atom stereocenters. The fourth-order valence-corrected chi connectivity index (χ4v) is 3.05. The summed E-state index contributed by atoms with van der Waals surface area (Å²) in [7, 11) is 3.78. The van der Waals surface area contributed by atoms with Crippen LogP contribution in [0.1, 0.15) is 36.5 Å². The molecule has 0 fully saturated rings. The number of nitrogens with one attached hydrogen (secondary N) is 1. The van der Waals surface area contributed by atoms with Crippen molar-refractivity contribution < 1.29 is 19.8 Å². The summed E-state index contributed by atoms with van der Waals surface area (Å²) in [6, 6.07) is 8.78. The van der Waals surface area contributed by atoms with Gasteiger partial charge in [0, 0.05) is 56.0 Å². The van der Waals surface area contributed by atoms with Gasteiger partial charge in [0.05, 0.1) is 22.5 Å². The molecule has 3 rings (SSSR count). The molecule has 0 aliphatic carbocycles. The topological polar surface area (TPSA) is 94.5 Å². The molecule has 3 aromatic rings. The number of anilines is 2. The molecule has 2 heterocycles. The highest BCUT2D eigenvalue weighted by Crippen LogP contribution is 2.30. The van der Waals surface area contributed by atoms with Crippen molar-refractivity contribution in [2.45, 2.75) is 39.3 Å². The molecule has 154 valence electrons. The van der Waals surface area contributed by atoms with Crippen LogP contribution < -0.4 is 14.9 Å². The smallest absolute Gasteiger partial charge is 0.325 e. The van der Waals surface area contributed by atoms with E-state index in [1.165, 1.54) is 0 Å². The maximum atomic E-state index is 12.8. The van der Waals surface area contributed by atoms with E-state index in [-0.39, 0.29) is 5.69 Å². The standard InChI is InChI=1S/C21H27N5O3/c1-14-7-6-8-18(26(14)29)20(27)22-17-11-15-13-25(10-9-21(2,3)28)23-16(15)12-19(17)24(4)5/h6-8,11-13,28H,9-10H2,1-5H3,(H-,22,27,29)/p+1. The Labute approximate surface area is 170 Å². The second-order valence-electron chi connectivity index (χ2n) is 8.10. The lowest BCUT2D eigenvalue weighted by Gasteiger charge is -2.17. The van der Waals surface area contributed by atoms with E-state index in [0.717, 1.165) is 21.3 Å². The van der Waals surface area contributed by atoms with Gasteiger partial charge in [-0.1, -0.05) is 0 Å². The van der Waals surface area contributed by atoms with Gasteiger partial charge < -0.3 is 15.3 Å². The highest BCUT2D eigenvalue weighted by molar-refractivity contribution is 6.05. The van der Waals surface area contributed by atoms with Crippen LogP contribution in [0.5, 0.6) is 0 Å². The van der Waals surface area contributed by atoms with Gasteiger partial charge in [0.25, 0.3) is 0 Å². The summed E-state index contributed by atoms with van der Waals surface area (Å²) >= 11 is 0. The number of aliphatic hydroxyl groups is 1. The van der Waals surface area contributed by atoms with E-state index in [4.69, 9.17) is 0 Å². The fraction of sp³-hybridized carbons (Fsp3) is 0.381. The minimum absolute atomic E-state index is 0.149. The number of hydrogen-bond acceptors (Lipinski definition) is 5. The van der Waals surface area contributed by atoms with Crippen molar-refractivity contribution in [3.63, 3.8) is 0 Å². The van der Waals surface area contributed by atoms with Crippen molar-refractivity contribution in [3.05, 3.63) is 47.9 Å². The maximum absolute atomic E-state index is 12.8. The molecule has 1 aromatic carbocycles. The first kappa shape index (κ1) is 20.6. The van der Waals surface area contributed by atoms with Crippen LogP contribution in [0.2, 0.25) is 0 Å². The highest BCUT2D eigenvalue weighted by Gasteiger charge is 2.23. The molecule has 29 heavy (non-hydrogen) atoms. The molecular weight excluding hydrogens is 370 g/mol. The van der Waals surface area contributed by atoms with Gasteiger partial charge in [0.15, 0.2) is 0 Å². The summed E-state index contributed by atoms with van der Waals surface area (Å²) in [5, 5.41) is 28.4. The van der Waals surface area contributed by atoms with Gasteiger partial charge in [0.2, 0.25) is 5.69 Å². The van der Waals surface area contributed by atoms with Gasteiger partial charge in [-0.2, -0.15) is 5.10 Å². The van der Waals surface area contributed by atoms with Gasteiger partial charge in [-0.3, -0.25) is 14.7 Å². The summed E-state index contributed by atoms with van der Waals surface area (Å²) in [6.45, 7) is 5.85. The zero-order valence-corrected chi connectivity index (χ0v) is 17.5. The van der Waals surface area contributed by atoms with Crippen LogP contribution in [0.4, 0.5) is 11.4 Å². The number of benzene rings is 1. The Morgan fingerprint density at radius 3 is 2.69 bits per heavy atom. The lowest BCUT2D eigenvalue weighted by Crippen LogP contribution is -2.42. The van der Waals surface area contributed by atoms with Gasteiger partial charge in [-0.25, -0.2) is 0 Å². The van der Waals surface area contributed by atoms with E-state index in [0.29, 0.717) is 24.3 Å². The number of pyridine rings is 1. The molecule has 3 N–H and O–H groups in total. The Bertz CT molecular complexity index is 1050.